The zero-order chi connectivity index (χ0) is 21.3. The topological polar surface area (TPSA) is 76.7 Å². The number of ether oxygens (including phenoxy) is 2. The Hall–Kier alpha value is -3.51. The summed E-state index contributed by atoms with van der Waals surface area (Å²) in [6.45, 7) is 0.118. The average Bonchev–Trinajstić information content (AvgIpc) is 2.78. The van der Waals surface area contributed by atoms with Crippen molar-refractivity contribution in [2.24, 2.45) is 0 Å². The molecule has 2 amide bonds. The molecule has 0 aliphatic rings. The van der Waals surface area contributed by atoms with E-state index in [0.717, 1.165) is 5.56 Å². The quantitative estimate of drug-likeness (QED) is 0.539. The molecule has 3 rings (SSSR count). The summed E-state index contributed by atoms with van der Waals surface area (Å²) in [6, 6.07) is 22.8. The number of carbonyl (C=O) groups excluding carboxylic acids is 2. The SMILES string of the molecule is COc1ccc([C@H](NC(=O)OCc2ccccc2)NC(=O)c2ccc(Cl)cc2)cc1. The van der Waals surface area contributed by atoms with E-state index in [0.29, 0.717) is 21.9 Å². The van der Waals surface area contributed by atoms with E-state index in [-0.39, 0.29) is 12.5 Å². The van der Waals surface area contributed by atoms with Crippen molar-refractivity contribution in [2.45, 2.75) is 12.8 Å². The number of nitrogens with one attached hydrogen (secondary N) is 2. The fourth-order valence-electron chi connectivity index (χ4n) is 2.70. The standard InChI is InChI=1S/C23H21ClN2O4/c1-29-20-13-9-17(10-14-20)21(25-22(27)18-7-11-19(24)12-8-18)26-23(28)30-15-16-5-3-2-4-6-16/h2-14,21H,15H2,1H3,(H,25,27)(H,26,28)/t21-/m0/s1. The number of halogens is 1. The zero-order valence-electron chi connectivity index (χ0n) is 16.3. The number of carbonyl (C=O) groups is 2. The first-order valence-electron chi connectivity index (χ1n) is 9.23. The monoisotopic (exact) mass is 424 g/mol. The fraction of sp³-hybridized carbons (Fsp3) is 0.130. The van der Waals surface area contributed by atoms with Crippen molar-refractivity contribution in [3.05, 3.63) is 101 Å². The summed E-state index contributed by atoms with van der Waals surface area (Å²) in [6.07, 6.45) is -1.46. The van der Waals surface area contributed by atoms with E-state index in [4.69, 9.17) is 21.1 Å². The van der Waals surface area contributed by atoms with E-state index >= 15 is 0 Å². The van der Waals surface area contributed by atoms with Crippen LogP contribution in [-0.4, -0.2) is 19.1 Å². The van der Waals surface area contributed by atoms with E-state index in [2.05, 4.69) is 10.6 Å². The van der Waals surface area contributed by atoms with Crippen LogP contribution in [0.3, 0.4) is 0 Å². The number of rotatable bonds is 7. The summed E-state index contributed by atoms with van der Waals surface area (Å²) in [5.74, 6) is 0.295. The molecule has 0 unspecified atom stereocenters. The van der Waals surface area contributed by atoms with Crippen LogP contribution < -0.4 is 15.4 Å². The molecule has 0 radical (unpaired) electrons. The minimum absolute atomic E-state index is 0.118. The van der Waals surface area contributed by atoms with Crippen LogP contribution in [0.25, 0.3) is 0 Å². The van der Waals surface area contributed by atoms with Gasteiger partial charge in [-0.3, -0.25) is 10.1 Å². The summed E-state index contributed by atoms with van der Waals surface area (Å²) >= 11 is 5.88. The first kappa shape index (κ1) is 21.2. The lowest BCUT2D eigenvalue weighted by molar-refractivity contribution is 0.0920. The highest BCUT2D eigenvalue weighted by Crippen LogP contribution is 2.18. The number of alkyl carbamates (subject to hydrolysis) is 1. The molecule has 1 atom stereocenters. The van der Waals surface area contributed by atoms with Crippen molar-refractivity contribution in [3.8, 4) is 5.75 Å². The van der Waals surface area contributed by atoms with Crippen molar-refractivity contribution >= 4 is 23.6 Å². The molecule has 0 bridgehead atoms. The molecule has 0 aromatic heterocycles. The molecule has 6 nitrogen and oxygen atoms in total. The predicted molar refractivity (Wildman–Crippen MR) is 114 cm³/mol. The van der Waals surface area contributed by atoms with E-state index in [1.807, 2.05) is 30.3 Å². The maximum absolute atomic E-state index is 12.7. The van der Waals surface area contributed by atoms with E-state index < -0.39 is 12.3 Å². The molecule has 0 saturated carbocycles. The molecule has 0 saturated heterocycles. The molecule has 0 aliphatic carbocycles. The maximum atomic E-state index is 12.7. The van der Waals surface area contributed by atoms with Crippen LogP contribution in [0.2, 0.25) is 5.02 Å². The second-order valence-corrected chi connectivity index (χ2v) is 6.83. The lowest BCUT2D eigenvalue weighted by atomic mass is 10.1. The van der Waals surface area contributed by atoms with Gasteiger partial charge in [-0.2, -0.15) is 0 Å². The highest BCUT2D eigenvalue weighted by Gasteiger charge is 2.19. The Balaban J connectivity index is 1.71. The molecular formula is C23H21ClN2O4. The molecule has 0 spiro atoms. The second-order valence-electron chi connectivity index (χ2n) is 6.39. The molecule has 30 heavy (non-hydrogen) atoms. The Kier molecular flexibility index (Phi) is 7.29. The van der Waals surface area contributed by atoms with Gasteiger partial charge < -0.3 is 14.8 Å². The van der Waals surface area contributed by atoms with E-state index in [1.165, 1.54) is 0 Å². The number of amides is 2. The van der Waals surface area contributed by atoms with Crippen LogP contribution in [0, 0.1) is 0 Å². The van der Waals surface area contributed by atoms with Crippen molar-refractivity contribution in [3.63, 3.8) is 0 Å². The van der Waals surface area contributed by atoms with Gasteiger partial charge in [0.05, 0.1) is 7.11 Å². The Morgan fingerprint density at radius 3 is 2.20 bits per heavy atom. The summed E-state index contributed by atoms with van der Waals surface area (Å²) in [7, 11) is 1.56. The summed E-state index contributed by atoms with van der Waals surface area (Å²) < 4.78 is 10.5. The Morgan fingerprint density at radius 1 is 0.900 bits per heavy atom. The number of hydrogen-bond acceptors (Lipinski definition) is 4. The van der Waals surface area contributed by atoms with Gasteiger partial charge in [0, 0.05) is 10.6 Å². The van der Waals surface area contributed by atoms with Gasteiger partial charge in [-0.05, 0) is 47.5 Å². The van der Waals surface area contributed by atoms with Crippen molar-refractivity contribution in [1.29, 1.82) is 0 Å². The van der Waals surface area contributed by atoms with Crippen molar-refractivity contribution in [2.75, 3.05) is 7.11 Å². The van der Waals surface area contributed by atoms with Crippen molar-refractivity contribution < 1.29 is 19.1 Å². The number of benzene rings is 3. The fourth-order valence-corrected chi connectivity index (χ4v) is 2.82. The van der Waals surface area contributed by atoms with E-state index in [1.54, 1.807) is 55.6 Å². The van der Waals surface area contributed by atoms with Crippen LogP contribution in [0.5, 0.6) is 5.75 Å². The second kappa shape index (κ2) is 10.3. The molecule has 3 aromatic carbocycles. The highest BCUT2D eigenvalue weighted by molar-refractivity contribution is 6.30. The highest BCUT2D eigenvalue weighted by atomic mass is 35.5. The number of methoxy groups -OCH3 is 1. The minimum Gasteiger partial charge on any atom is -0.497 e. The van der Waals surface area contributed by atoms with Gasteiger partial charge >= 0.3 is 6.09 Å². The third-order valence-corrected chi connectivity index (χ3v) is 4.56. The summed E-state index contributed by atoms with van der Waals surface area (Å²) in [4.78, 5) is 25.0. The van der Waals surface area contributed by atoms with Gasteiger partial charge in [-0.25, -0.2) is 4.79 Å². The molecule has 3 aromatic rings. The lowest BCUT2D eigenvalue weighted by Gasteiger charge is -2.21. The molecule has 154 valence electrons. The van der Waals surface area contributed by atoms with Crippen LogP contribution in [0.4, 0.5) is 4.79 Å². The molecular weight excluding hydrogens is 404 g/mol. The van der Waals surface area contributed by atoms with Gasteiger partial charge in [0.25, 0.3) is 5.91 Å². The van der Waals surface area contributed by atoms with Crippen molar-refractivity contribution in [1.82, 2.24) is 10.6 Å². The predicted octanol–water partition coefficient (Wildman–Crippen LogP) is 4.70. The largest absolute Gasteiger partial charge is 0.497 e. The van der Waals surface area contributed by atoms with Gasteiger partial charge in [0.2, 0.25) is 0 Å². The number of hydrogen-bond donors (Lipinski definition) is 2. The minimum atomic E-state index is -0.803. The average molecular weight is 425 g/mol. The zero-order valence-corrected chi connectivity index (χ0v) is 17.1. The first-order valence-corrected chi connectivity index (χ1v) is 9.60. The van der Waals surface area contributed by atoms with Crippen LogP contribution in [-0.2, 0) is 11.3 Å². The first-order chi connectivity index (χ1) is 14.5. The van der Waals surface area contributed by atoms with E-state index in [9.17, 15) is 9.59 Å². The maximum Gasteiger partial charge on any atom is 0.409 e. The van der Waals surface area contributed by atoms with Gasteiger partial charge in [0.1, 0.15) is 18.5 Å². The van der Waals surface area contributed by atoms with Crippen LogP contribution in [0.1, 0.15) is 27.7 Å². The Bertz CT molecular complexity index is 976. The lowest BCUT2D eigenvalue weighted by Crippen LogP contribution is -2.41. The Morgan fingerprint density at radius 2 is 1.57 bits per heavy atom. The van der Waals surface area contributed by atoms with Crippen LogP contribution in [0.15, 0.2) is 78.9 Å². The molecule has 0 aliphatic heterocycles. The van der Waals surface area contributed by atoms with Gasteiger partial charge in [-0.1, -0.05) is 54.1 Å². The third kappa shape index (κ3) is 5.99. The Labute approximate surface area is 179 Å². The molecule has 7 heteroatoms. The molecule has 0 heterocycles. The third-order valence-electron chi connectivity index (χ3n) is 4.31. The smallest absolute Gasteiger partial charge is 0.409 e. The van der Waals surface area contributed by atoms with Gasteiger partial charge in [-0.15, -0.1) is 0 Å². The van der Waals surface area contributed by atoms with Crippen LogP contribution >= 0.6 is 11.6 Å². The molecule has 2 N–H and O–H groups in total. The molecule has 0 fully saturated rings. The normalized spacial score (nSPS) is 11.3. The summed E-state index contributed by atoms with van der Waals surface area (Å²) in [5, 5.41) is 6.02. The van der Waals surface area contributed by atoms with Gasteiger partial charge in [0.15, 0.2) is 0 Å². The summed E-state index contributed by atoms with van der Waals surface area (Å²) in [5.41, 5.74) is 1.94.